The van der Waals surface area contributed by atoms with Crippen molar-refractivity contribution in [2.24, 2.45) is 17.6 Å². The maximum atomic E-state index is 13.0. The fourth-order valence-electron chi connectivity index (χ4n) is 2.50. The van der Waals surface area contributed by atoms with Crippen molar-refractivity contribution in [1.82, 2.24) is 10.8 Å². The predicted octanol–water partition coefficient (Wildman–Crippen LogP) is 0.256. The zero-order valence-corrected chi connectivity index (χ0v) is 15.6. The van der Waals surface area contributed by atoms with Crippen molar-refractivity contribution < 1.29 is 28.7 Å². The van der Waals surface area contributed by atoms with Crippen molar-refractivity contribution in [1.29, 1.82) is 0 Å². The maximum absolute atomic E-state index is 13.0. The molecular formula is C20H21F2N3O4. The first-order valence-electron chi connectivity index (χ1n) is 8.77. The molecule has 0 aliphatic heterocycles. The second-order valence-electron chi connectivity index (χ2n) is 6.84. The predicted molar refractivity (Wildman–Crippen MR) is 99.6 cm³/mol. The highest BCUT2D eigenvalue weighted by atomic mass is 19.3. The number of nitrogens with two attached hydrogens (primary N) is 1. The molecule has 6 N–H and O–H groups in total. The van der Waals surface area contributed by atoms with Crippen LogP contribution < -0.4 is 16.5 Å². The Morgan fingerprint density at radius 2 is 1.97 bits per heavy atom. The van der Waals surface area contributed by atoms with E-state index in [4.69, 9.17) is 10.9 Å². The molecule has 0 spiro atoms. The average Bonchev–Trinajstić information content (AvgIpc) is 3.47. The van der Waals surface area contributed by atoms with Gasteiger partial charge in [-0.2, -0.15) is 0 Å². The van der Waals surface area contributed by atoms with Gasteiger partial charge in [0.25, 0.3) is 18.2 Å². The number of hydrogen-bond acceptors (Lipinski definition) is 5. The van der Waals surface area contributed by atoms with Crippen LogP contribution in [0.3, 0.4) is 0 Å². The standard InChI is InChI=1S/C20H21F2N3O4/c1-20(28,19(21)22)16(18(27)25-29)24-17(26)13-8-6-12(7-9-13)4-2-3-5-14-10-15(14)11-23/h6-9,14-16,19,28-29H,10-11,23H2,1H3,(H,24,26)(H,25,27). The second-order valence-corrected chi connectivity index (χ2v) is 6.84. The van der Waals surface area contributed by atoms with Crippen LogP contribution in [0.2, 0.25) is 0 Å². The van der Waals surface area contributed by atoms with E-state index in [1.807, 2.05) is 5.32 Å². The molecule has 154 valence electrons. The summed E-state index contributed by atoms with van der Waals surface area (Å²) in [6.45, 7) is 1.29. The van der Waals surface area contributed by atoms with Crippen LogP contribution in [0.4, 0.5) is 8.78 Å². The van der Waals surface area contributed by atoms with E-state index in [9.17, 15) is 23.5 Å². The van der Waals surface area contributed by atoms with Gasteiger partial charge in [0.15, 0.2) is 5.60 Å². The Kier molecular flexibility index (Phi) is 7.29. The van der Waals surface area contributed by atoms with E-state index in [1.54, 1.807) is 0 Å². The topological polar surface area (TPSA) is 125 Å². The van der Waals surface area contributed by atoms with Crippen LogP contribution in [-0.4, -0.2) is 46.7 Å². The summed E-state index contributed by atoms with van der Waals surface area (Å²) in [7, 11) is 0. The summed E-state index contributed by atoms with van der Waals surface area (Å²) in [6, 6.07) is 3.73. The van der Waals surface area contributed by atoms with Crippen molar-refractivity contribution in [2.75, 3.05) is 6.54 Å². The minimum Gasteiger partial charge on any atom is -0.381 e. The number of carbonyl (C=O) groups excluding carboxylic acids is 2. The quantitative estimate of drug-likeness (QED) is 0.264. The molecule has 4 unspecified atom stereocenters. The van der Waals surface area contributed by atoms with Gasteiger partial charge in [0.1, 0.15) is 6.04 Å². The highest BCUT2D eigenvalue weighted by molar-refractivity contribution is 5.97. The highest BCUT2D eigenvalue weighted by Crippen LogP contribution is 2.36. The smallest absolute Gasteiger partial charge is 0.269 e. The summed E-state index contributed by atoms with van der Waals surface area (Å²) in [5.74, 6) is 9.76. The van der Waals surface area contributed by atoms with Crippen LogP contribution in [0.5, 0.6) is 0 Å². The van der Waals surface area contributed by atoms with Crippen LogP contribution in [0.25, 0.3) is 0 Å². The largest absolute Gasteiger partial charge is 0.381 e. The number of aliphatic hydroxyl groups is 1. The Morgan fingerprint density at radius 1 is 1.31 bits per heavy atom. The van der Waals surface area contributed by atoms with Gasteiger partial charge in [-0.15, -0.1) is 0 Å². The molecule has 1 aliphatic rings. The molecule has 9 heteroatoms. The third kappa shape index (κ3) is 5.75. The van der Waals surface area contributed by atoms with Crippen LogP contribution in [0.1, 0.15) is 29.3 Å². The molecule has 0 saturated heterocycles. The molecule has 1 aliphatic carbocycles. The van der Waals surface area contributed by atoms with Gasteiger partial charge in [-0.1, -0.05) is 11.8 Å². The fraction of sp³-hybridized carbons (Fsp3) is 0.400. The van der Waals surface area contributed by atoms with E-state index in [2.05, 4.69) is 23.7 Å². The lowest BCUT2D eigenvalue weighted by molar-refractivity contribution is -0.149. The number of amides is 2. The van der Waals surface area contributed by atoms with Gasteiger partial charge < -0.3 is 16.2 Å². The molecule has 29 heavy (non-hydrogen) atoms. The van der Waals surface area contributed by atoms with Gasteiger partial charge in [-0.05, 0) is 61.9 Å². The lowest BCUT2D eigenvalue weighted by Gasteiger charge is -2.30. The third-order valence-electron chi connectivity index (χ3n) is 4.57. The van der Waals surface area contributed by atoms with E-state index in [1.165, 1.54) is 24.3 Å². The van der Waals surface area contributed by atoms with Crippen molar-refractivity contribution in [3.8, 4) is 23.7 Å². The van der Waals surface area contributed by atoms with E-state index in [-0.39, 0.29) is 5.56 Å². The molecule has 1 aromatic carbocycles. The molecule has 1 saturated carbocycles. The number of hydrogen-bond donors (Lipinski definition) is 5. The first-order chi connectivity index (χ1) is 13.7. The number of hydroxylamine groups is 1. The Hall–Kier alpha value is -2.98. The van der Waals surface area contributed by atoms with Gasteiger partial charge in [-0.25, -0.2) is 14.3 Å². The monoisotopic (exact) mass is 405 g/mol. The lowest BCUT2D eigenvalue weighted by atomic mass is 9.95. The number of halogens is 2. The number of carbonyl (C=O) groups is 2. The summed E-state index contributed by atoms with van der Waals surface area (Å²) >= 11 is 0. The Bertz CT molecular complexity index is 879. The Balaban J connectivity index is 2.05. The van der Waals surface area contributed by atoms with Crippen LogP contribution >= 0.6 is 0 Å². The van der Waals surface area contributed by atoms with Gasteiger partial charge in [-0.3, -0.25) is 14.8 Å². The minimum atomic E-state index is -3.35. The summed E-state index contributed by atoms with van der Waals surface area (Å²) in [6.07, 6.45) is -2.36. The summed E-state index contributed by atoms with van der Waals surface area (Å²) in [5.41, 5.74) is 4.41. The first-order valence-corrected chi connectivity index (χ1v) is 8.77. The summed E-state index contributed by atoms with van der Waals surface area (Å²) in [5, 5.41) is 20.5. The van der Waals surface area contributed by atoms with Crippen molar-refractivity contribution in [3.63, 3.8) is 0 Å². The Labute approximate surface area is 166 Å². The van der Waals surface area contributed by atoms with Gasteiger partial charge >= 0.3 is 0 Å². The van der Waals surface area contributed by atoms with Gasteiger partial charge in [0.2, 0.25) is 0 Å². The zero-order valence-electron chi connectivity index (χ0n) is 15.6. The van der Waals surface area contributed by atoms with E-state index < -0.39 is 29.9 Å². The molecule has 0 radical (unpaired) electrons. The molecule has 0 bridgehead atoms. The Morgan fingerprint density at radius 3 is 2.48 bits per heavy atom. The molecular weight excluding hydrogens is 384 g/mol. The van der Waals surface area contributed by atoms with Gasteiger partial charge in [0.05, 0.1) is 0 Å². The number of benzene rings is 1. The average molecular weight is 405 g/mol. The second kappa shape index (κ2) is 9.48. The number of rotatable bonds is 6. The van der Waals surface area contributed by atoms with Crippen LogP contribution in [-0.2, 0) is 4.79 Å². The maximum Gasteiger partial charge on any atom is 0.269 e. The molecule has 4 atom stereocenters. The first kappa shape index (κ1) is 22.3. The SMILES string of the molecule is CC(O)(C(F)F)C(NC(=O)c1ccc(C#CC#CC2CC2CN)cc1)C(=O)NO. The number of alkyl halides is 2. The van der Waals surface area contributed by atoms with E-state index in [0.717, 1.165) is 11.9 Å². The third-order valence-corrected chi connectivity index (χ3v) is 4.57. The summed E-state index contributed by atoms with van der Waals surface area (Å²) in [4.78, 5) is 23.9. The molecule has 2 amide bonds. The molecule has 0 aromatic heterocycles. The molecule has 2 rings (SSSR count). The molecule has 1 aromatic rings. The molecule has 1 fully saturated rings. The minimum absolute atomic E-state index is 0.0474. The van der Waals surface area contributed by atoms with Crippen molar-refractivity contribution in [3.05, 3.63) is 35.4 Å². The van der Waals surface area contributed by atoms with Crippen molar-refractivity contribution in [2.45, 2.75) is 31.4 Å². The van der Waals surface area contributed by atoms with E-state index in [0.29, 0.717) is 30.9 Å². The van der Waals surface area contributed by atoms with Crippen molar-refractivity contribution >= 4 is 11.8 Å². The van der Waals surface area contributed by atoms with Gasteiger partial charge in [0, 0.05) is 17.0 Å². The molecule has 7 nitrogen and oxygen atoms in total. The molecule has 0 heterocycles. The van der Waals surface area contributed by atoms with E-state index >= 15 is 0 Å². The summed E-state index contributed by atoms with van der Waals surface area (Å²) < 4.78 is 26.0. The van der Waals surface area contributed by atoms with Crippen LogP contribution in [0, 0.1) is 35.5 Å². The fourth-order valence-corrected chi connectivity index (χ4v) is 2.50. The normalized spacial score (nSPS) is 20.2. The lowest BCUT2D eigenvalue weighted by Crippen LogP contribution is -2.61. The zero-order chi connectivity index (χ0) is 21.6. The highest BCUT2D eigenvalue weighted by Gasteiger charge is 2.46. The van der Waals surface area contributed by atoms with Crippen LogP contribution in [0.15, 0.2) is 24.3 Å². The number of nitrogens with one attached hydrogen (secondary N) is 2.